The number of benzene rings is 1. The Morgan fingerprint density at radius 3 is 2.44 bits per heavy atom. The van der Waals surface area contributed by atoms with Crippen LogP contribution in [0.2, 0.25) is 0 Å². The second-order valence-corrected chi connectivity index (χ2v) is 5.98. The number of nitrogens with zero attached hydrogens (tertiary/aromatic N) is 1. The summed E-state index contributed by atoms with van der Waals surface area (Å²) in [4.78, 5) is 2.54. The highest BCUT2D eigenvalue weighted by Crippen LogP contribution is 2.40. The molecule has 100 valence electrons. The molecule has 1 aliphatic rings. The van der Waals surface area contributed by atoms with E-state index >= 15 is 0 Å². The Labute approximate surface area is 117 Å². The SMILES string of the molecule is CCN(CC1(CS)CCCC1)c1ccccc1C. The fraction of sp³-hybridized carbons (Fsp3) is 0.625. The normalized spacial score (nSPS) is 17.9. The van der Waals surface area contributed by atoms with Crippen LogP contribution in [0.25, 0.3) is 0 Å². The Kier molecular flexibility index (Phi) is 4.60. The van der Waals surface area contributed by atoms with Crippen LogP contribution in [0.5, 0.6) is 0 Å². The predicted octanol–water partition coefficient (Wildman–Crippen LogP) is 4.31. The average Bonchev–Trinajstić information content (AvgIpc) is 2.86. The molecule has 1 aromatic carbocycles. The molecule has 0 aromatic heterocycles. The largest absolute Gasteiger partial charge is 0.371 e. The lowest BCUT2D eigenvalue weighted by Gasteiger charge is -2.36. The van der Waals surface area contributed by atoms with E-state index in [1.54, 1.807) is 0 Å². The summed E-state index contributed by atoms with van der Waals surface area (Å²) in [5, 5.41) is 0. The van der Waals surface area contributed by atoms with Gasteiger partial charge in [0.1, 0.15) is 0 Å². The second kappa shape index (κ2) is 6.01. The molecule has 1 nitrogen and oxygen atoms in total. The van der Waals surface area contributed by atoms with E-state index in [-0.39, 0.29) is 0 Å². The quantitative estimate of drug-likeness (QED) is 0.775. The summed E-state index contributed by atoms with van der Waals surface area (Å²) < 4.78 is 0. The third kappa shape index (κ3) is 2.85. The molecule has 0 N–H and O–H groups in total. The van der Waals surface area contributed by atoms with Crippen molar-refractivity contribution in [3.05, 3.63) is 29.8 Å². The molecule has 0 bridgehead atoms. The lowest BCUT2D eigenvalue weighted by Crippen LogP contribution is -2.37. The number of thiol groups is 1. The van der Waals surface area contributed by atoms with Gasteiger partial charge in [-0.25, -0.2) is 0 Å². The highest BCUT2D eigenvalue weighted by molar-refractivity contribution is 7.80. The highest BCUT2D eigenvalue weighted by Gasteiger charge is 2.34. The Bertz CT molecular complexity index is 382. The zero-order valence-electron chi connectivity index (χ0n) is 11.7. The molecule has 1 saturated carbocycles. The molecule has 1 aromatic rings. The van der Waals surface area contributed by atoms with Crippen molar-refractivity contribution >= 4 is 18.3 Å². The fourth-order valence-electron chi connectivity index (χ4n) is 3.18. The van der Waals surface area contributed by atoms with Gasteiger partial charge < -0.3 is 4.90 Å². The summed E-state index contributed by atoms with van der Waals surface area (Å²) in [5.41, 5.74) is 3.22. The fourth-order valence-corrected chi connectivity index (χ4v) is 3.60. The second-order valence-electron chi connectivity index (χ2n) is 5.67. The van der Waals surface area contributed by atoms with Crippen molar-refractivity contribution in [1.29, 1.82) is 0 Å². The van der Waals surface area contributed by atoms with Crippen LogP contribution < -0.4 is 4.90 Å². The number of rotatable bonds is 5. The monoisotopic (exact) mass is 263 g/mol. The van der Waals surface area contributed by atoms with Gasteiger partial charge in [-0.15, -0.1) is 0 Å². The summed E-state index contributed by atoms with van der Waals surface area (Å²) in [6, 6.07) is 8.73. The van der Waals surface area contributed by atoms with Gasteiger partial charge in [0, 0.05) is 18.8 Å². The number of anilines is 1. The van der Waals surface area contributed by atoms with E-state index in [1.807, 2.05) is 0 Å². The van der Waals surface area contributed by atoms with Crippen LogP contribution in [0.1, 0.15) is 38.2 Å². The average molecular weight is 263 g/mol. The maximum atomic E-state index is 4.63. The molecule has 0 amide bonds. The van der Waals surface area contributed by atoms with Crippen LogP contribution in [0, 0.1) is 12.3 Å². The summed E-state index contributed by atoms with van der Waals surface area (Å²) in [6.07, 6.45) is 5.45. The van der Waals surface area contributed by atoms with Crippen molar-refractivity contribution in [2.24, 2.45) is 5.41 Å². The molecular formula is C16H25NS. The first-order valence-electron chi connectivity index (χ1n) is 7.12. The van der Waals surface area contributed by atoms with Crippen LogP contribution in [0.15, 0.2) is 24.3 Å². The van der Waals surface area contributed by atoms with E-state index in [0.717, 1.165) is 18.8 Å². The molecule has 0 aliphatic heterocycles. The summed E-state index contributed by atoms with van der Waals surface area (Å²) in [5.74, 6) is 1.02. The van der Waals surface area contributed by atoms with Gasteiger partial charge in [-0.2, -0.15) is 12.6 Å². The molecule has 0 saturated heterocycles. The van der Waals surface area contributed by atoms with E-state index in [1.165, 1.54) is 36.9 Å². The van der Waals surface area contributed by atoms with Crippen molar-refractivity contribution in [1.82, 2.24) is 0 Å². The van der Waals surface area contributed by atoms with Gasteiger partial charge in [0.05, 0.1) is 0 Å². The Morgan fingerprint density at radius 2 is 1.89 bits per heavy atom. The molecular weight excluding hydrogens is 238 g/mol. The van der Waals surface area contributed by atoms with Crippen molar-refractivity contribution in [2.75, 3.05) is 23.7 Å². The maximum Gasteiger partial charge on any atom is 0.0396 e. The first-order chi connectivity index (χ1) is 8.71. The van der Waals surface area contributed by atoms with Crippen molar-refractivity contribution < 1.29 is 0 Å². The molecule has 2 heteroatoms. The van der Waals surface area contributed by atoms with Crippen molar-refractivity contribution in [2.45, 2.75) is 39.5 Å². The minimum atomic E-state index is 0.446. The number of hydrogen-bond acceptors (Lipinski definition) is 2. The maximum absolute atomic E-state index is 4.63. The molecule has 18 heavy (non-hydrogen) atoms. The first kappa shape index (κ1) is 13.8. The van der Waals surface area contributed by atoms with E-state index in [4.69, 9.17) is 0 Å². The zero-order valence-corrected chi connectivity index (χ0v) is 12.5. The Balaban J connectivity index is 2.17. The molecule has 2 rings (SSSR count). The van der Waals surface area contributed by atoms with Gasteiger partial charge >= 0.3 is 0 Å². The lowest BCUT2D eigenvalue weighted by molar-refractivity contribution is 0.349. The van der Waals surface area contributed by atoms with Gasteiger partial charge in [0.2, 0.25) is 0 Å². The molecule has 0 atom stereocenters. The van der Waals surface area contributed by atoms with Crippen LogP contribution in [0.4, 0.5) is 5.69 Å². The van der Waals surface area contributed by atoms with Crippen molar-refractivity contribution in [3.63, 3.8) is 0 Å². The summed E-state index contributed by atoms with van der Waals surface area (Å²) >= 11 is 4.63. The van der Waals surface area contributed by atoms with Crippen LogP contribution in [-0.4, -0.2) is 18.8 Å². The third-order valence-electron chi connectivity index (χ3n) is 4.36. The zero-order chi connectivity index (χ0) is 13.0. The topological polar surface area (TPSA) is 3.24 Å². The van der Waals surface area contributed by atoms with Gasteiger partial charge in [0.15, 0.2) is 0 Å². The number of aryl methyl sites for hydroxylation is 1. The smallest absolute Gasteiger partial charge is 0.0396 e. The number of para-hydroxylation sites is 1. The lowest BCUT2D eigenvalue weighted by atomic mass is 9.87. The predicted molar refractivity (Wildman–Crippen MR) is 83.8 cm³/mol. The first-order valence-corrected chi connectivity index (χ1v) is 7.75. The van der Waals surface area contributed by atoms with Crippen LogP contribution in [0.3, 0.4) is 0 Å². The van der Waals surface area contributed by atoms with E-state index < -0.39 is 0 Å². The third-order valence-corrected chi connectivity index (χ3v) is 5.03. The molecule has 0 radical (unpaired) electrons. The molecule has 0 unspecified atom stereocenters. The highest BCUT2D eigenvalue weighted by atomic mass is 32.1. The molecule has 1 aliphatic carbocycles. The van der Waals surface area contributed by atoms with E-state index in [2.05, 4.69) is 55.6 Å². The van der Waals surface area contributed by atoms with Gasteiger partial charge in [-0.05, 0) is 49.5 Å². The van der Waals surface area contributed by atoms with Crippen LogP contribution >= 0.6 is 12.6 Å². The Morgan fingerprint density at radius 1 is 1.22 bits per heavy atom. The van der Waals surface area contributed by atoms with Gasteiger partial charge in [-0.1, -0.05) is 31.0 Å². The minimum absolute atomic E-state index is 0.446. The molecule has 0 spiro atoms. The standard InChI is InChI=1S/C16H25NS/c1-3-17(15-9-5-4-8-14(15)2)12-16(13-18)10-6-7-11-16/h4-5,8-9,18H,3,6-7,10-13H2,1-2H3. The Hall–Kier alpha value is -0.630. The summed E-state index contributed by atoms with van der Waals surface area (Å²) in [7, 11) is 0. The summed E-state index contributed by atoms with van der Waals surface area (Å²) in [6.45, 7) is 6.71. The van der Waals surface area contributed by atoms with Crippen LogP contribution in [-0.2, 0) is 0 Å². The van der Waals surface area contributed by atoms with Gasteiger partial charge in [-0.3, -0.25) is 0 Å². The van der Waals surface area contributed by atoms with E-state index in [9.17, 15) is 0 Å². The molecule has 1 fully saturated rings. The van der Waals surface area contributed by atoms with Gasteiger partial charge in [0.25, 0.3) is 0 Å². The molecule has 0 heterocycles. The van der Waals surface area contributed by atoms with E-state index in [0.29, 0.717) is 5.41 Å². The van der Waals surface area contributed by atoms with Crippen molar-refractivity contribution in [3.8, 4) is 0 Å². The number of hydrogen-bond donors (Lipinski definition) is 1. The minimum Gasteiger partial charge on any atom is -0.371 e.